The number of para-hydroxylation sites is 1. The lowest BCUT2D eigenvalue weighted by atomic mass is 10.2. The lowest BCUT2D eigenvalue weighted by molar-refractivity contribution is -0.113. The monoisotopic (exact) mass is 371 g/mol. The Kier molecular flexibility index (Phi) is 5.37. The number of hydrogen-bond acceptors (Lipinski definition) is 4. The summed E-state index contributed by atoms with van der Waals surface area (Å²) in [6.45, 7) is 3.98. The van der Waals surface area contributed by atoms with Gasteiger partial charge in [0.2, 0.25) is 5.91 Å². The highest BCUT2D eigenvalue weighted by Crippen LogP contribution is 2.19. The molecule has 3 rings (SSSR count). The number of nitrogens with one attached hydrogen (secondary N) is 1. The Labute approximate surface area is 154 Å². The summed E-state index contributed by atoms with van der Waals surface area (Å²) >= 11 is 1.18. The van der Waals surface area contributed by atoms with Crippen molar-refractivity contribution in [3.63, 3.8) is 0 Å². The van der Waals surface area contributed by atoms with E-state index >= 15 is 0 Å². The van der Waals surface area contributed by atoms with Gasteiger partial charge in [-0.3, -0.25) is 14.2 Å². The average Bonchev–Trinajstić information content (AvgIpc) is 2.63. The molecule has 0 atom stereocenters. The van der Waals surface area contributed by atoms with Crippen molar-refractivity contribution in [2.45, 2.75) is 25.5 Å². The Morgan fingerprint density at radius 3 is 2.77 bits per heavy atom. The van der Waals surface area contributed by atoms with Crippen LogP contribution in [0.2, 0.25) is 0 Å². The molecular formula is C19H18FN3O2S. The van der Waals surface area contributed by atoms with Gasteiger partial charge in [0.05, 0.1) is 16.7 Å². The third kappa shape index (κ3) is 3.77. The van der Waals surface area contributed by atoms with Crippen LogP contribution >= 0.6 is 11.8 Å². The third-order valence-electron chi connectivity index (χ3n) is 3.93. The van der Waals surface area contributed by atoms with Gasteiger partial charge in [-0.1, -0.05) is 30.0 Å². The number of hydrogen-bond donors (Lipinski definition) is 1. The van der Waals surface area contributed by atoms with E-state index in [0.717, 1.165) is 0 Å². The summed E-state index contributed by atoms with van der Waals surface area (Å²) in [4.78, 5) is 29.2. The number of thioether (sulfide) groups is 1. The predicted molar refractivity (Wildman–Crippen MR) is 102 cm³/mol. The molecule has 1 aromatic heterocycles. The van der Waals surface area contributed by atoms with Crippen molar-refractivity contribution in [1.29, 1.82) is 0 Å². The fraction of sp³-hybridized carbons (Fsp3) is 0.211. The van der Waals surface area contributed by atoms with Crippen molar-refractivity contribution in [3.8, 4) is 0 Å². The maximum atomic E-state index is 13.6. The molecule has 0 spiro atoms. The zero-order valence-electron chi connectivity index (χ0n) is 14.5. The number of aryl methyl sites for hydroxylation is 1. The first-order valence-corrected chi connectivity index (χ1v) is 9.16. The Balaban J connectivity index is 1.77. The van der Waals surface area contributed by atoms with Gasteiger partial charge in [-0.2, -0.15) is 0 Å². The lowest BCUT2D eigenvalue weighted by Gasteiger charge is -2.11. The summed E-state index contributed by atoms with van der Waals surface area (Å²) in [7, 11) is 0. The quantitative estimate of drug-likeness (QED) is 0.550. The molecule has 2 aromatic carbocycles. The van der Waals surface area contributed by atoms with Crippen LogP contribution in [0.1, 0.15) is 12.5 Å². The minimum absolute atomic E-state index is 0.0697. The summed E-state index contributed by atoms with van der Waals surface area (Å²) in [5, 5.41) is 3.70. The van der Waals surface area contributed by atoms with Crippen molar-refractivity contribution in [2.24, 2.45) is 0 Å². The van der Waals surface area contributed by atoms with E-state index in [9.17, 15) is 14.0 Å². The SMILES string of the molecule is CCn1c(SCC(=O)Nc2ccc(C)c(F)c2)nc2ccccc2c1=O. The summed E-state index contributed by atoms with van der Waals surface area (Å²) in [5.41, 5.74) is 1.40. The smallest absolute Gasteiger partial charge is 0.262 e. The van der Waals surface area contributed by atoms with E-state index in [1.54, 1.807) is 41.8 Å². The van der Waals surface area contributed by atoms with Crippen LogP contribution < -0.4 is 10.9 Å². The molecule has 0 saturated heterocycles. The van der Waals surface area contributed by atoms with Crippen LogP contribution in [0.25, 0.3) is 10.9 Å². The van der Waals surface area contributed by atoms with Crippen LogP contribution in [0.15, 0.2) is 52.4 Å². The van der Waals surface area contributed by atoms with E-state index in [-0.39, 0.29) is 23.0 Å². The number of benzene rings is 2. The predicted octanol–water partition coefficient (Wildman–Crippen LogP) is 3.59. The second kappa shape index (κ2) is 7.70. The van der Waals surface area contributed by atoms with E-state index in [2.05, 4.69) is 10.3 Å². The number of amides is 1. The van der Waals surface area contributed by atoms with Crippen LogP contribution in [-0.2, 0) is 11.3 Å². The van der Waals surface area contributed by atoms with Crippen LogP contribution in [0.4, 0.5) is 10.1 Å². The van der Waals surface area contributed by atoms with E-state index in [1.807, 2.05) is 13.0 Å². The number of rotatable bonds is 5. The highest BCUT2D eigenvalue weighted by atomic mass is 32.2. The van der Waals surface area contributed by atoms with Crippen LogP contribution in [0, 0.1) is 12.7 Å². The van der Waals surface area contributed by atoms with Crippen LogP contribution in [0.3, 0.4) is 0 Å². The first-order chi connectivity index (χ1) is 12.5. The number of fused-ring (bicyclic) bond motifs is 1. The maximum absolute atomic E-state index is 13.6. The Morgan fingerprint density at radius 2 is 2.04 bits per heavy atom. The van der Waals surface area contributed by atoms with Gasteiger partial charge in [-0.25, -0.2) is 9.37 Å². The van der Waals surface area contributed by atoms with Crippen molar-refractivity contribution in [1.82, 2.24) is 9.55 Å². The molecule has 134 valence electrons. The topological polar surface area (TPSA) is 64.0 Å². The lowest BCUT2D eigenvalue weighted by Crippen LogP contribution is -2.23. The molecule has 0 saturated carbocycles. The van der Waals surface area contributed by atoms with Gasteiger partial charge in [0.1, 0.15) is 5.82 Å². The third-order valence-corrected chi connectivity index (χ3v) is 4.91. The molecule has 0 aliphatic rings. The van der Waals surface area contributed by atoms with Crippen molar-refractivity contribution < 1.29 is 9.18 Å². The number of aromatic nitrogens is 2. The largest absolute Gasteiger partial charge is 0.325 e. The normalized spacial score (nSPS) is 10.9. The second-order valence-corrected chi connectivity index (χ2v) is 6.70. The number of carbonyl (C=O) groups excluding carboxylic acids is 1. The van der Waals surface area contributed by atoms with Gasteiger partial charge < -0.3 is 5.32 Å². The number of nitrogens with zero attached hydrogens (tertiary/aromatic N) is 2. The van der Waals surface area contributed by atoms with E-state index in [0.29, 0.717) is 33.9 Å². The molecule has 7 heteroatoms. The summed E-state index contributed by atoms with van der Waals surface area (Å²) in [5.74, 6) is -0.588. The highest BCUT2D eigenvalue weighted by Gasteiger charge is 2.12. The molecule has 0 radical (unpaired) electrons. The van der Waals surface area contributed by atoms with Gasteiger partial charge in [0, 0.05) is 12.2 Å². The second-order valence-electron chi connectivity index (χ2n) is 5.76. The molecule has 26 heavy (non-hydrogen) atoms. The van der Waals surface area contributed by atoms with Gasteiger partial charge >= 0.3 is 0 Å². The van der Waals surface area contributed by atoms with Crippen LogP contribution in [-0.4, -0.2) is 21.2 Å². The molecule has 1 N–H and O–H groups in total. The van der Waals surface area contributed by atoms with Crippen molar-refractivity contribution in [2.75, 3.05) is 11.1 Å². The first kappa shape index (κ1) is 18.1. The van der Waals surface area contributed by atoms with Gasteiger partial charge in [0.15, 0.2) is 5.16 Å². The fourth-order valence-corrected chi connectivity index (χ4v) is 3.40. The van der Waals surface area contributed by atoms with Crippen molar-refractivity contribution in [3.05, 3.63) is 64.2 Å². The number of halogens is 1. The highest BCUT2D eigenvalue weighted by molar-refractivity contribution is 7.99. The molecule has 5 nitrogen and oxygen atoms in total. The molecule has 0 aliphatic carbocycles. The standard InChI is InChI=1S/C19H18FN3O2S/c1-3-23-18(25)14-6-4-5-7-16(14)22-19(23)26-11-17(24)21-13-9-8-12(2)15(20)10-13/h4-10H,3,11H2,1-2H3,(H,21,24). The summed E-state index contributed by atoms with van der Waals surface area (Å²) in [6, 6.07) is 11.7. The minimum Gasteiger partial charge on any atom is -0.325 e. The van der Waals surface area contributed by atoms with Gasteiger partial charge in [-0.15, -0.1) is 0 Å². The molecular weight excluding hydrogens is 353 g/mol. The van der Waals surface area contributed by atoms with E-state index in [1.165, 1.54) is 17.8 Å². The molecule has 1 heterocycles. The molecule has 0 aliphatic heterocycles. The zero-order valence-corrected chi connectivity index (χ0v) is 15.3. The Morgan fingerprint density at radius 1 is 1.27 bits per heavy atom. The summed E-state index contributed by atoms with van der Waals surface area (Å²) < 4.78 is 15.1. The first-order valence-electron chi connectivity index (χ1n) is 8.18. The average molecular weight is 371 g/mol. The van der Waals surface area contributed by atoms with Gasteiger partial charge in [0.25, 0.3) is 5.56 Å². The van der Waals surface area contributed by atoms with E-state index in [4.69, 9.17) is 0 Å². The molecule has 0 bridgehead atoms. The minimum atomic E-state index is -0.369. The number of anilines is 1. The Bertz CT molecular complexity index is 1030. The maximum Gasteiger partial charge on any atom is 0.262 e. The fourth-order valence-electron chi connectivity index (χ4n) is 2.53. The molecule has 1 amide bonds. The Hall–Kier alpha value is -2.67. The van der Waals surface area contributed by atoms with Gasteiger partial charge in [-0.05, 0) is 43.7 Å². The van der Waals surface area contributed by atoms with E-state index < -0.39 is 0 Å². The number of carbonyl (C=O) groups is 1. The molecule has 0 fully saturated rings. The molecule has 3 aromatic rings. The molecule has 0 unspecified atom stereocenters. The van der Waals surface area contributed by atoms with Crippen molar-refractivity contribution >= 4 is 34.3 Å². The zero-order chi connectivity index (χ0) is 18.7. The van der Waals surface area contributed by atoms with Crippen LogP contribution in [0.5, 0.6) is 0 Å². The summed E-state index contributed by atoms with van der Waals surface area (Å²) in [6.07, 6.45) is 0.